The van der Waals surface area contributed by atoms with Gasteiger partial charge >= 0.3 is 5.97 Å². The molecule has 0 fully saturated rings. The first-order chi connectivity index (χ1) is 3.27. The van der Waals surface area contributed by atoms with Gasteiger partial charge in [-0.1, -0.05) is 6.58 Å². The van der Waals surface area contributed by atoms with Crippen LogP contribution in [0.15, 0.2) is 12.8 Å². The summed E-state index contributed by atoms with van der Waals surface area (Å²) in [6.45, 7) is 3.21. The van der Waals surface area contributed by atoms with Crippen molar-refractivity contribution in [3.05, 3.63) is 12.8 Å². The van der Waals surface area contributed by atoms with E-state index in [-0.39, 0.29) is 18.2 Å². The summed E-state index contributed by atoms with van der Waals surface area (Å²) in [5.41, 5.74) is 0. The van der Waals surface area contributed by atoms with Crippen molar-refractivity contribution in [1.82, 2.24) is 11.5 Å². The summed E-state index contributed by atoms with van der Waals surface area (Å²) in [6.07, 6.45) is 1.34. The third-order valence-electron chi connectivity index (χ3n) is 0.398. The fourth-order valence-electron chi connectivity index (χ4n) is 0.159. The van der Waals surface area contributed by atoms with Crippen LogP contribution in [-0.2, 0) is 4.79 Å². The molecule has 0 aliphatic rings. The van der Waals surface area contributed by atoms with Crippen molar-refractivity contribution >= 4 is 5.97 Å². The Labute approximate surface area is 53.3 Å². The second-order valence-corrected chi connectivity index (χ2v) is 0.979. The lowest BCUT2D eigenvalue weighted by atomic mass is 10.7. The van der Waals surface area contributed by atoms with Gasteiger partial charge in [-0.2, -0.15) is 0 Å². The molecule has 0 radical (unpaired) electrons. The second kappa shape index (κ2) is 10.0. The maximum absolute atomic E-state index is 9.65. The standard InChI is InChI=1S/C4H7NO2.H3N.H2O/c1-2-5-3-4(6)7;;/h2,5H,1,3H2,(H,6,7);1H3;1H2. The molecule has 0 aliphatic heterocycles. The molecule has 0 saturated heterocycles. The van der Waals surface area contributed by atoms with Crippen molar-refractivity contribution in [2.75, 3.05) is 6.54 Å². The predicted molar refractivity (Wildman–Crippen MR) is 34.5 cm³/mol. The first-order valence-electron chi connectivity index (χ1n) is 1.83. The van der Waals surface area contributed by atoms with Crippen LogP contribution in [0.2, 0.25) is 0 Å². The van der Waals surface area contributed by atoms with Gasteiger partial charge in [-0.05, 0) is 6.20 Å². The number of carboxylic acids is 1. The van der Waals surface area contributed by atoms with Crippen LogP contribution in [0.5, 0.6) is 0 Å². The van der Waals surface area contributed by atoms with Gasteiger partial charge in [-0.25, -0.2) is 0 Å². The molecule has 5 heteroatoms. The van der Waals surface area contributed by atoms with E-state index in [1.165, 1.54) is 6.20 Å². The van der Waals surface area contributed by atoms with E-state index in [2.05, 4.69) is 11.9 Å². The first-order valence-corrected chi connectivity index (χ1v) is 1.83. The van der Waals surface area contributed by atoms with Crippen LogP contribution >= 0.6 is 0 Å². The van der Waals surface area contributed by atoms with Gasteiger partial charge in [0.05, 0.1) is 0 Å². The number of rotatable bonds is 3. The van der Waals surface area contributed by atoms with Crippen LogP contribution in [0, 0.1) is 0 Å². The largest absolute Gasteiger partial charge is 0.480 e. The summed E-state index contributed by atoms with van der Waals surface area (Å²) in [6, 6.07) is 0. The zero-order valence-electron chi connectivity index (χ0n) is 5.05. The van der Waals surface area contributed by atoms with Crippen LogP contribution in [0.25, 0.3) is 0 Å². The van der Waals surface area contributed by atoms with E-state index >= 15 is 0 Å². The minimum Gasteiger partial charge on any atom is -0.480 e. The molecule has 56 valence electrons. The van der Waals surface area contributed by atoms with Crippen molar-refractivity contribution in [1.29, 1.82) is 0 Å². The van der Waals surface area contributed by atoms with Gasteiger partial charge in [0.2, 0.25) is 0 Å². The van der Waals surface area contributed by atoms with Gasteiger partial charge in [-0.3, -0.25) is 4.79 Å². The molecular weight excluding hydrogens is 124 g/mol. The van der Waals surface area contributed by atoms with Gasteiger partial charge < -0.3 is 22.1 Å². The van der Waals surface area contributed by atoms with E-state index in [1.54, 1.807) is 0 Å². The summed E-state index contributed by atoms with van der Waals surface area (Å²) in [5, 5.41) is 10.3. The van der Waals surface area contributed by atoms with Crippen LogP contribution < -0.4 is 11.5 Å². The Bertz CT molecular complexity index is 83.9. The van der Waals surface area contributed by atoms with Crippen molar-refractivity contribution in [3.8, 4) is 0 Å². The Kier molecular flexibility index (Phi) is 17.5. The molecule has 0 aromatic heterocycles. The molecule has 0 aromatic rings. The number of carboxylic acid groups (broad SMARTS) is 1. The average molecular weight is 136 g/mol. The summed E-state index contributed by atoms with van der Waals surface area (Å²) < 4.78 is 0. The second-order valence-electron chi connectivity index (χ2n) is 0.979. The monoisotopic (exact) mass is 136 g/mol. The molecule has 0 aliphatic carbocycles. The van der Waals surface area contributed by atoms with E-state index in [4.69, 9.17) is 5.11 Å². The Morgan fingerprint density at radius 1 is 1.78 bits per heavy atom. The Morgan fingerprint density at radius 2 is 2.22 bits per heavy atom. The smallest absolute Gasteiger partial charge is 0.322 e. The van der Waals surface area contributed by atoms with Gasteiger partial charge in [0.1, 0.15) is 6.54 Å². The SMILES string of the molecule is C=CNCC(=O)O.N.O. The third-order valence-corrected chi connectivity index (χ3v) is 0.398. The zero-order valence-corrected chi connectivity index (χ0v) is 5.05. The summed E-state index contributed by atoms with van der Waals surface area (Å²) >= 11 is 0. The molecular formula is C4H12N2O3. The van der Waals surface area contributed by atoms with E-state index in [1.807, 2.05) is 0 Å². The molecule has 0 saturated carbocycles. The quantitative estimate of drug-likeness (QED) is 0.468. The van der Waals surface area contributed by atoms with Gasteiger partial charge in [0.25, 0.3) is 0 Å². The zero-order chi connectivity index (χ0) is 5.70. The molecule has 7 N–H and O–H groups in total. The molecule has 9 heavy (non-hydrogen) atoms. The molecule has 5 nitrogen and oxygen atoms in total. The van der Waals surface area contributed by atoms with Crippen molar-refractivity contribution in [2.24, 2.45) is 0 Å². The Hall–Kier alpha value is -1.07. The van der Waals surface area contributed by atoms with E-state index in [0.717, 1.165) is 0 Å². The summed E-state index contributed by atoms with van der Waals surface area (Å²) in [5.74, 6) is -0.875. The summed E-state index contributed by atoms with van der Waals surface area (Å²) in [7, 11) is 0. The maximum Gasteiger partial charge on any atom is 0.322 e. The van der Waals surface area contributed by atoms with Crippen LogP contribution in [0.4, 0.5) is 0 Å². The molecule has 0 bridgehead atoms. The van der Waals surface area contributed by atoms with Crippen molar-refractivity contribution < 1.29 is 15.4 Å². The number of hydrogen-bond acceptors (Lipinski definition) is 3. The molecule has 0 unspecified atom stereocenters. The Morgan fingerprint density at radius 3 is 2.33 bits per heavy atom. The topological polar surface area (TPSA) is 116 Å². The number of nitrogens with one attached hydrogen (secondary N) is 1. The molecule has 0 spiro atoms. The predicted octanol–water partition coefficient (Wildman–Crippen LogP) is -0.859. The normalized spacial score (nSPS) is 5.78. The van der Waals surface area contributed by atoms with E-state index in [9.17, 15) is 4.79 Å². The lowest BCUT2D eigenvalue weighted by Gasteiger charge is -1.88. The minimum absolute atomic E-state index is 0. The number of hydrogen-bond donors (Lipinski definition) is 3. The van der Waals surface area contributed by atoms with Gasteiger partial charge in [0.15, 0.2) is 0 Å². The van der Waals surface area contributed by atoms with E-state index in [0.29, 0.717) is 0 Å². The lowest BCUT2D eigenvalue weighted by Crippen LogP contribution is -2.15. The highest BCUT2D eigenvalue weighted by Gasteiger charge is 1.87. The highest BCUT2D eigenvalue weighted by molar-refractivity contribution is 5.69. The number of carbonyl (C=O) groups is 1. The van der Waals surface area contributed by atoms with Gasteiger partial charge in [-0.15, -0.1) is 0 Å². The lowest BCUT2D eigenvalue weighted by molar-refractivity contribution is -0.135. The highest BCUT2D eigenvalue weighted by Crippen LogP contribution is 1.56. The molecule has 0 rings (SSSR count). The van der Waals surface area contributed by atoms with Crippen LogP contribution in [-0.4, -0.2) is 23.1 Å². The highest BCUT2D eigenvalue weighted by atomic mass is 16.4. The molecule has 0 heterocycles. The first kappa shape index (κ1) is 15.7. The molecule has 0 amide bonds. The third kappa shape index (κ3) is 19.6. The fraction of sp³-hybridized carbons (Fsp3) is 0.250. The van der Waals surface area contributed by atoms with Crippen molar-refractivity contribution in [2.45, 2.75) is 0 Å². The molecule has 0 atom stereocenters. The van der Waals surface area contributed by atoms with Crippen LogP contribution in [0.3, 0.4) is 0 Å². The summed E-state index contributed by atoms with van der Waals surface area (Å²) in [4.78, 5) is 9.65. The maximum atomic E-state index is 9.65. The Balaban J connectivity index is -0.000000180. The average Bonchev–Trinajstić information content (AvgIpc) is 1.61. The van der Waals surface area contributed by atoms with Crippen LogP contribution in [0.1, 0.15) is 0 Å². The molecule has 0 aromatic carbocycles. The number of aliphatic carboxylic acids is 1. The van der Waals surface area contributed by atoms with E-state index < -0.39 is 5.97 Å². The fourth-order valence-corrected chi connectivity index (χ4v) is 0.159. The van der Waals surface area contributed by atoms with Crippen molar-refractivity contribution in [3.63, 3.8) is 0 Å². The minimum atomic E-state index is -0.875. The van der Waals surface area contributed by atoms with Gasteiger partial charge in [0, 0.05) is 0 Å².